The zero-order valence-electron chi connectivity index (χ0n) is 19.6. The van der Waals surface area contributed by atoms with E-state index in [2.05, 4.69) is 34.9 Å². The van der Waals surface area contributed by atoms with Crippen molar-refractivity contribution < 1.29 is 24.2 Å². The van der Waals surface area contributed by atoms with Crippen LogP contribution in [0.2, 0.25) is 0 Å². The summed E-state index contributed by atoms with van der Waals surface area (Å²) in [4.78, 5) is 36.4. The van der Waals surface area contributed by atoms with E-state index < -0.39 is 35.5 Å². The number of benzene rings is 2. The fourth-order valence-corrected chi connectivity index (χ4v) is 4.20. The highest BCUT2D eigenvalue weighted by molar-refractivity contribution is 5.85. The minimum absolute atomic E-state index is 0.0272. The van der Waals surface area contributed by atoms with Crippen molar-refractivity contribution in [2.75, 3.05) is 6.61 Å². The molecule has 1 aliphatic rings. The van der Waals surface area contributed by atoms with Crippen LogP contribution in [0.15, 0.2) is 48.5 Å². The van der Waals surface area contributed by atoms with Gasteiger partial charge < -0.3 is 20.5 Å². The Morgan fingerprint density at radius 3 is 2.00 bits per heavy atom. The monoisotopic (exact) mass is 452 g/mol. The summed E-state index contributed by atoms with van der Waals surface area (Å²) in [6.07, 6.45) is -0.118. The molecule has 2 aromatic rings. The first kappa shape index (κ1) is 24.3. The molecule has 33 heavy (non-hydrogen) atoms. The Bertz CT molecular complexity index is 982. The quantitative estimate of drug-likeness (QED) is 0.554. The molecule has 0 bridgehead atoms. The Kier molecular flexibility index (Phi) is 7.41. The van der Waals surface area contributed by atoms with Gasteiger partial charge in [-0.15, -0.1) is 0 Å². The Hall–Kier alpha value is -3.35. The average Bonchev–Trinajstić information content (AvgIpc) is 3.08. The van der Waals surface area contributed by atoms with Gasteiger partial charge >= 0.3 is 12.1 Å². The van der Waals surface area contributed by atoms with Crippen LogP contribution in [0.1, 0.15) is 57.6 Å². The molecule has 1 aliphatic carbocycles. The van der Waals surface area contributed by atoms with Crippen molar-refractivity contribution >= 4 is 18.0 Å². The van der Waals surface area contributed by atoms with Gasteiger partial charge in [-0.25, -0.2) is 9.59 Å². The Balaban J connectivity index is 1.58. The van der Waals surface area contributed by atoms with E-state index in [1.54, 1.807) is 20.8 Å². The Labute approximate surface area is 194 Å². The minimum Gasteiger partial charge on any atom is -0.480 e. The van der Waals surface area contributed by atoms with Gasteiger partial charge in [-0.1, -0.05) is 76.2 Å². The van der Waals surface area contributed by atoms with E-state index in [0.29, 0.717) is 6.42 Å². The van der Waals surface area contributed by atoms with Crippen LogP contribution in [0.25, 0.3) is 11.1 Å². The third-order valence-electron chi connectivity index (χ3n) is 6.01. The fourth-order valence-electron chi connectivity index (χ4n) is 4.20. The molecule has 0 aliphatic heterocycles. The van der Waals surface area contributed by atoms with E-state index >= 15 is 0 Å². The number of nitrogens with one attached hydrogen (secondary N) is 2. The summed E-state index contributed by atoms with van der Waals surface area (Å²) in [5.74, 6) is -1.56. The molecule has 2 atom stereocenters. The van der Waals surface area contributed by atoms with E-state index in [4.69, 9.17) is 4.74 Å². The zero-order valence-corrected chi connectivity index (χ0v) is 19.6. The summed E-state index contributed by atoms with van der Waals surface area (Å²) < 4.78 is 5.55. The van der Waals surface area contributed by atoms with Crippen molar-refractivity contribution in [1.82, 2.24) is 10.6 Å². The van der Waals surface area contributed by atoms with Gasteiger partial charge in [0.15, 0.2) is 0 Å². The van der Waals surface area contributed by atoms with E-state index in [1.807, 2.05) is 31.2 Å². The van der Waals surface area contributed by atoms with Crippen molar-refractivity contribution in [2.45, 2.75) is 58.5 Å². The highest BCUT2D eigenvalue weighted by Crippen LogP contribution is 2.44. The number of hydrogen-bond acceptors (Lipinski definition) is 4. The lowest BCUT2D eigenvalue weighted by atomic mass is 9.86. The van der Waals surface area contributed by atoms with Crippen molar-refractivity contribution in [3.8, 4) is 11.1 Å². The number of rotatable bonds is 8. The van der Waals surface area contributed by atoms with E-state index in [0.717, 1.165) is 22.3 Å². The molecule has 0 aromatic heterocycles. The maximum Gasteiger partial charge on any atom is 0.407 e. The van der Waals surface area contributed by atoms with Crippen molar-refractivity contribution in [3.05, 3.63) is 59.7 Å². The zero-order chi connectivity index (χ0) is 24.2. The van der Waals surface area contributed by atoms with Gasteiger partial charge in [0, 0.05) is 18.4 Å². The molecule has 0 saturated carbocycles. The van der Waals surface area contributed by atoms with Crippen molar-refractivity contribution in [2.24, 2.45) is 5.41 Å². The molecular weight excluding hydrogens is 420 g/mol. The van der Waals surface area contributed by atoms with E-state index in [9.17, 15) is 19.5 Å². The molecule has 2 amide bonds. The molecule has 7 heteroatoms. The van der Waals surface area contributed by atoms with Crippen LogP contribution in [-0.4, -0.2) is 41.8 Å². The fraction of sp³-hybridized carbons (Fsp3) is 0.423. The molecule has 7 nitrogen and oxygen atoms in total. The molecule has 176 valence electrons. The number of fused-ring (bicyclic) bond motifs is 3. The molecule has 0 heterocycles. The Morgan fingerprint density at radius 2 is 1.52 bits per heavy atom. The molecule has 3 rings (SSSR count). The molecule has 2 aromatic carbocycles. The number of carbonyl (C=O) groups is 3. The minimum atomic E-state index is -1.09. The number of carbonyl (C=O) groups excluding carboxylic acids is 2. The summed E-state index contributed by atoms with van der Waals surface area (Å²) in [7, 11) is 0. The SMILES string of the molecule is CCC(CC(=O)N[C@@H](C(=O)O)C(C)(C)C)NC(=O)OCC1c2ccccc2-c2ccccc21. The molecule has 0 saturated heterocycles. The summed E-state index contributed by atoms with van der Waals surface area (Å²) in [5, 5.41) is 14.7. The van der Waals surface area contributed by atoms with Crippen LogP contribution in [0.3, 0.4) is 0 Å². The predicted octanol–water partition coefficient (Wildman–Crippen LogP) is 4.31. The van der Waals surface area contributed by atoms with Gasteiger partial charge in [0.2, 0.25) is 5.91 Å². The van der Waals surface area contributed by atoms with E-state index in [-0.39, 0.29) is 18.9 Å². The number of carboxylic acid groups (broad SMARTS) is 1. The Morgan fingerprint density at radius 1 is 0.970 bits per heavy atom. The number of alkyl carbamates (subject to hydrolysis) is 1. The van der Waals surface area contributed by atoms with Gasteiger partial charge in [-0.2, -0.15) is 0 Å². The first-order chi connectivity index (χ1) is 15.6. The second-order valence-electron chi connectivity index (χ2n) is 9.48. The maximum atomic E-state index is 12.5. The van der Waals surface area contributed by atoms with Gasteiger partial charge in [-0.3, -0.25) is 4.79 Å². The van der Waals surface area contributed by atoms with Crippen LogP contribution >= 0.6 is 0 Å². The van der Waals surface area contributed by atoms with Gasteiger partial charge in [0.25, 0.3) is 0 Å². The lowest BCUT2D eigenvalue weighted by molar-refractivity contribution is -0.145. The molecule has 3 N–H and O–H groups in total. The highest BCUT2D eigenvalue weighted by Gasteiger charge is 2.33. The largest absolute Gasteiger partial charge is 0.480 e. The second kappa shape index (κ2) is 10.1. The molecule has 0 radical (unpaired) electrons. The summed E-state index contributed by atoms with van der Waals surface area (Å²) >= 11 is 0. The highest BCUT2D eigenvalue weighted by atomic mass is 16.5. The predicted molar refractivity (Wildman–Crippen MR) is 126 cm³/mol. The van der Waals surface area contributed by atoms with Gasteiger partial charge in [-0.05, 0) is 34.1 Å². The van der Waals surface area contributed by atoms with Gasteiger partial charge in [0.1, 0.15) is 12.6 Å². The molecule has 1 unspecified atom stereocenters. The first-order valence-electron chi connectivity index (χ1n) is 11.3. The third kappa shape index (κ3) is 5.72. The number of amides is 2. The standard InChI is InChI=1S/C26H32N2O5/c1-5-16(14-22(29)28-23(24(30)31)26(2,3)4)27-25(32)33-15-21-19-12-8-6-10-17(19)18-11-7-9-13-20(18)21/h6-13,16,21,23H,5,14-15H2,1-4H3,(H,27,32)(H,28,29)(H,30,31)/t16?,23-/m0/s1. The van der Waals surface area contributed by atoms with Crippen LogP contribution < -0.4 is 10.6 Å². The molecule has 0 fully saturated rings. The van der Waals surface area contributed by atoms with Crippen LogP contribution in [0.4, 0.5) is 4.79 Å². The lowest BCUT2D eigenvalue weighted by Crippen LogP contribution is -2.50. The van der Waals surface area contributed by atoms with Gasteiger partial charge in [0.05, 0.1) is 0 Å². The van der Waals surface area contributed by atoms with Crippen LogP contribution in [-0.2, 0) is 14.3 Å². The first-order valence-corrected chi connectivity index (χ1v) is 11.3. The number of aliphatic carboxylic acids is 1. The lowest BCUT2D eigenvalue weighted by Gasteiger charge is -2.28. The number of ether oxygens (including phenoxy) is 1. The smallest absolute Gasteiger partial charge is 0.407 e. The second-order valence-corrected chi connectivity index (χ2v) is 9.48. The summed E-state index contributed by atoms with van der Waals surface area (Å²) in [6.45, 7) is 7.28. The van der Waals surface area contributed by atoms with Crippen LogP contribution in [0.5, 0.6) is 0 Å². The summed E-state index contributed by atoms with van der Waals surface area (Å²) in [6, 6.07) is 14.7. The number of carboxylic acids is 1. The topological polar surface area (TPSA) is 105 Å². The van der Waals surface area contributed by atoms with Crippen molar-refractivity contribution in [1.29, 1.82) is 0 Å². The maximum absolute atomic E-state index is 12.5. The normalized spacial score (nSPS) is 14.5. The third-order valence-corrected chi connectivity index (χ3v) is 6.01. The number of hydrogen-bond donors (Lipinski definition) is 3. The average molecular weight is 453 g/mol. The van der Waals surface area contributed by atoms with Crippen LogP contribution in [0, 0.1) is 5.41 Å². The van der Waals surface area contributed by atoms with E-state index in [1.165, 1.54) is 0 Å². The van der Waals surface area contributed by atoms with Crippen molar-refractivity contribution in [3.63, 3.8) is 0 Å². The molecular formula is C26H32N2O5. The molecule has 0 spiro atoms. The summed E-state index contributed by atoms with van der Waals surface area (Å²) in [5.41, 5.74) is 3.91.